The fourth-order valence-electron chi connectivity index (χ4n) is 0.734. The Morgan fingerprint density at radius 1 is 0.421 bits per heavy atom. The van der Waals surface area contributed by atoms with Gasteiger partial charge >= 0.3 is 30.5 Å². The third-order valence-electron chi connectivity index (χ3n) is 1.46. The highest BCUT2D eigenvalue weighted by molar-refractivity contribution is 5.01. The summed E-state index contributed by atoms with van der Waals surface area (Å²) < 4.78 is 141. The van der Waals surface area contributed by atoms with E-state index in [1.807, 2.05) is 0 Å². The van der Waals surface area contributed by atoms with Crippen LogP contribution in [-0.4, -0.2) is 30.5 Å². The predicted molar refractivity (Wildman–Crippen MR) is 29.1 cm³/mol. The Morgan fingerprint density at radius 3 is 0.842 bits per heavy atom. The van der Waals surface area contributed by atoms with Crippen LogP contribution in [0.2, 0.25) is 0 Å². The second kappa shape index (κ2) is 4.57. The SMILES string of the molecule is FC(F)(F)OOC(C(F)(F)F)(C(F)(F)F)C(F)(F)F. The van der Waals surface area contributed by atoms with E-state index in [1.165, 1.54) is 0 Å². The fourth-order valence-corrected chi connectivity index (χ4v) is 0.734. The summed E-state index contributed by atoms with van der Waals surface area (Å²) in [5, 5.41) is 0. The highest BCUT2D eigenvalue weighted by Crippen LogP contribution is 2.55. The van der Waals surface area contributed by atoms with E-state index in [0.29, 0.717) is 0 Å². The molecule has 0 N–H and O–H groups in total. The van der Waals surface area contributed by atoms with Crippen molar-refractivity contribution in [1.29, 1.82) is 0 Å². The lowest BCUT2D eigenvalue weighted by atomic mass is 10.0. The third-order valence-corrected chi connectivity index (χ3v) is 1.46. The van der Waals surface area contributed by atoms with Gasteiger partial charge in [0.25, 0.3) is 0 Å². The zero-order valence-electron chi connectivity index (χ0n) is 7.85. The molecule has 0 saturated heterocycles. The van der Waals surface area contributed by atoms with E-state index in [-0.39, 0.29) is 0 Å². The van der Waals surface area contributed by atoms with Crippen LogP contribution in [0, 0.1) is 0 Å². The molecule has 0 atom stereocenters. The van der Waals surface area contributed by atoms with E-state index in [0.717, 1.165) is 0 Å². The van der Waals surface area contributed by atoms with Gasteiger partial charge in [-0.05, 0) is 0 Å². The molecular formula is C5F12O2. The molecule has 0 fully saturated rings. The van der Waals surface area contributed by atoms with Gasteiger partial charge in [0.2, 0.25) is 0 Å². The van der Waals surface area contributed by atoms with E-state index in [2.05, 4.69) is 0 Å². The van der Waals surface area contributed by atoms with Crippen molar-refractivity contribution in [2.75, 3.05) is 0 Å². The summed E-state index contributed by atoms with van der Waals surface area (Å²) in [6.45, 7) is 0. The van der Waals surface area contributed by atoms with Crippen molar-refractivity contribution in [2.24, 2.45) is 0 Å². The minimum atomic E-state index is -7.30. The van der Waals surface area contributed by atoms with Gasteiger partial charge in [0.15, 0.2) is 0 Å². The van der Waals surface area contributed by atoms with E-state index in [4.69, 9.17) is 0 Å². The van der Waals surface area contributed by atoms with Crippen LogP contribution in [0.5, 0.6) is 0 Å². The lowest BCUT2D eigenvalue weighted by Crippen LogP contribution is -2.68. The van der Waals surface area contributed by atoms with Crippen LogP contribution in [0.1, 0.15) is 0 Å². The molecule has 0 unspecified atom stereocenters. The number of hydrogen-bond acceptors (Lipinski definition) is 2. The van der Waals surface area contributed by atoms with Gasteiger partial charge in [-0.3, -0.25) is 0 Å². The molecule has 0 radical (unpaired) electrons. The van der Waals surface area contributed by atoms with Crippen molar-refractivity contribution in [3.8, 4) is 0 Å². The van der Waals surface area contributed by atoms with Crippen molar-refractivity contribution < 1.29 is 62.5 Å². The van der Waals surface area contributed by atoms with Gasteiger partial charge in [-0.1, -0.05) is 0 Å². The maximum absolute atomic E-state index is 11.9. The third kappa shape index (κ3) is 3.55. The summed E-state index contributed by atoms with van der Waals surface area (Å²) in [6.07, 6.45) is -28.2. The maximum Gasteiger partial charge on any atom is 0.549 e. The minimum absolute atomic E-state index is 1.61. The van der Waals surface area contributed by atoms with E-state index in [9.17, 15) is 52.7 Å². The topological polar surface area (TPSA) is 18.5 Å². The smallest absolute Gasteiger partial charge is 0.192 e. The molecule has 0 aliphatic heterocycles. The highest BCUT2D eigenvalue weighted by atomic mass is 19.4. The molecule has 0 aromatic heterocycles. The second-order valence-corrected chi connectivity index (χ2v) is 2.79. The summed E-state index contributed by atoms with van der Waals surface area (Å²) in [5.74, 6) is 0. The Bertz CT molecular complexity index is 268. The maximum atomic E-state index is 11.9. The van der Waals surface area contributed by atoms with Gasteiger partial charge in [-0.15, -0.1) is 18.1 Å². The first-order valence-electron chi connectivity index (χ1n) is 3.59. The first-order chi connectivity index (χ1) is 7.96. The lowest BCUT2D eigenvalue weighted by Gasteiger charge is -2.36. The lowest BCUT2D eigenvalue weighted by molar-refractivity contribution is -0.591. The van der Waals surface area contributed by atoms with Crippen molar-refractivity contribution >= 4 is 0 Å². The molecule has 0 amide bonds. The van der Waals surface area contributed by atoms with Gasteiger partial charge in [0, 0.05) is 0 Å². The Hall–Kier alpha value is -0.920. The van der Waals surface area contributed by atoms with Crippen molar-refractivity contribution in [3.63, 3.8) is 0 Å². The van der Waals surface area contributed by atoms with Crippen molar-refractivity contribution in [3.05, 3.63) is 0 Å². The summed E-state index contributed by atoms with van der Waals surface area (Å²) >= 11 is 0. The zero-order chi connectivity index (χ0) is 15.9. The van der Waals surface area contributed by atoms with E-state index in [1.54, 1.807) is 9.78 Å². The largest absolute Gasteiger partial charge is 0.549 e. The van der Waals surface area contributed by atoms with Gasteiger partial charge in [-0.25, -0.2) is 0 Å². The van der Waals surface area contributed by atoms with Gasteiger partial charge in [0.1, 0.15) is 0 Å². The minimum Gasteiger partial charge on any atom is -0.192 e. The molecule has 0 aliphatic carbocycles. The average Bonchev–Trinajstić information content (AvgIpc) is 1.92. The summed E-state index contributed by atoms with van der Waals surface area (Å²) in [7, 11) is 0. The van der Waals surface area contributed by atoms with E-state index < -0.39 is 30.5 Å². The zero-order valence-corrected chi connectivity index (χ0v) is 7.85. The molecule has 0 bridgehead atoms. The second-order valence-electron chi connectivity index (χ2n) is 2.79. The normalized spacial score (nSPS) is 15.8. The van der Waals surface area contributed by atoms with E-state index >= 15 is 0 Å². The summed E-state index contributed by atoms with van der Waals surface area (Å²) in [5.41, 5.74) is -7.12. The first-order valence-corrected chi connectivity index (χ1v) is 3.59. The van der Waals surface area contributed by atoms with Crippen molar-refractivity contribution in [2.45, 2.75) is 30.5 Å². The quantitative estimate of drug-likeness (QED) is 0.437. The van der Waals surface area contributed by atoms with Crippen LogP contribution in [0.25, 0.3) is 0 Å². The molecule has 2 nitrogen and oxygen atoms in total. The average molecular weight is 320 g/mol. The molecule has 0 rings (SSSR count). The molecule has 0 heterocycles. The summed E-state index contributed by atoms with van der Waals surface area (Å²) in [4.78, 5) is 3.30. The number of rotatable bonds is 2. The fraction of sp³-hybridized carbons (Fsp3) is 1.00. The van der Waals surface area contributed by atoms with Crippen LogP contribution in [0.4, 0.5) is 52.7 Å². The van der Waals surface area contributed by atoms with Gasteiger partial charge in [-0.2, -0.15) is 44.4 Å². The van der Waals surface area contributed by atoms with Crippen LogP contribution >= 0.6 is 0 Å². The molecule has 116 valence electrons. The van der Waals surface area contributed by atoms with Crippen LogP contribution in [0.15, 0.2) is 0 Å². The standard InChI is InChI=1S/C5F12O2/c6-2(7,8)1(3(9,10)11,4(12,13)14)18-19-5(15,16)17. The Kier molecular flexibility index (Phi) is 4.35. The number of alkyl halides is 12. The molecule has 0 aromatic carbocycles. The molecule has 0 spiro atoms. The van der Waals surface area contributed by atoms with Crippen molar-refractivity contribution in [1.82, 2.24) is 0 Å². The molecule has 14 heteroatoms. The molecule has 0 saturated carbocycles. The monoisotopic (exact) mass is 320 g/mol. The Labute approximate surface area is 94.3 Å². The molecular weight excluding hydrogens is 320 g/mol. The van der Waals surface area contributed by atoms with Crippen LogP contribution in [0.3, 0.4) is 0 Å². The Morgan fingerprint density at radius 2 is 0.684 bits per heavy atom. The summed E-state index contributed by atoms with van der Waals surface area (Å²) in [6, 6.07) is 0. The first kappa shape index (κ1) is 18.1. The number of hydrogen-bond donors (Lipinski definition) is 0. The molecule has 0 aromatic rings. The molecule has 19 heavy (non-hydrogen) atoms. The predicted octanol–water partition coefficient (Wildman–Crippen LogP) is 3.88. The van der Waals surface area contributed by atoms with Crippen LogP contribution < -0.4 is 0 Å². The number of halogens is 12. The van der Waals surface area contributed by atoms with Gasteiger partial charge in [0.05, 0.1) is 0 Å². The van der Waals surface area contributed by atoms with Gasteiger partial charge < -0.3 is 0 Å². The highest BCUT2D eigenvalue weighted by Gasteiger charge is 2.87. The van der Waals surface area contributed by atoms with Crippen LogP contribution in [-0.2, 0) is 9.78 Å². The Balaban J connectivity index is 5.83. The molecule has 0 aliphatic rings.